The summed E-state index contributed by atoms with van der Waals surface area (Å²) in [7, 11) is 4.68. The first kappa shape index (κ1) is 18.1. The first-order valence-corrected chi connectivity index (χ1v) is 8.16. The number of halogens is 1. The van der Waals surface area contributed by atoms with E-state index in [2.05, 4.69) is 21.2 Å². The van der Waals surface area contributed by atoms with E-state index in [1.54, 1.807) is 21.3 Å². The Hall–Kier alpha value is -2.21. The predicted octanol–water partition coefficient (Wildman–Crippen LogP) is 3.33. The molecule has 0 atom stereocenters. The van der Waals surface area contributed by atoms with Crippen LogP contribution in [-0.2, 0) is 17.8 Å². The molecule has 0 radical (unpaired) electrons. The zero-order chi connectivity index (χ0) is 17.5. The molecule has 0 spiro atoms. The second-order valence-corrected chi connectivity index (χ2v) is 6.03. The van der Waals surface area contributed by atoms with Crippen molar-refractivity contribution in [2.24, 2.45) is 0 Å². The van der Waals surface area contributed by atoms with Gasteiger partial charge in [0.05, 0.1) is 27.8 Å². The molecule has 0 bridgehead atoms. The quantitative estimate of drug-likeness (QED) is 0.783. The molecule has 2 aromatic rings. The van der Waals surface area contributed by atoms with E-state index in [1.165, 1.54) is 0 Å². The van der Waals surface area contributed by atoms with Gasteiger partial charge in [-0.2, -0.15) is 0 Å². The lowest BCUT2D eigenvalue weighted by Gasteiger charge is -2.14. The van der Waals surface area contributed by atoms with Crippen molar-refractivity contribution in [1.82, 2.24) is 5.32 Å². The summed E-state index contributed by atoms with van der Waals surface area (Å²) < 4.78 is 16.9. The van der Waals surface area contributed by atoms with Gasteiger partial charge in [0.25, 0.3) is 0 Å². The van der Waals surface area contributed by atoms with Gasteiger partial charge in [-0.3, -0.25) is 4.79 Å². The fourth-order valence-corrected chi connectivity index (χ4v) is 2.55. The largest absolute Gasteiger partial charge is 0.493 e. The van der Waals surface area contributed by atoms with E-state index in [1.807, 2.05) is 36.4 Å². The van der Waals surface area contributed by atoms with Gasteiger partial charge < -0.3 is 19.5 Å². The van der Waals surface area contributed by atoms with E-state index in [0.29, 0.717) is 30.2 Å². The average molecular weight is 394 g/mol. The van der Waals surface area contributed by atoms with Crippen molar-refractivity contribution in [1.29, 1.82) is 0 Å². The Morgan fingerprint density at radius 3 is 2.04 bits per heavy atom. The Kier molecular flexibility index (Phi) is 6.49. The van der Waals surface area contributed by atoms with E-state index >= 15 is 0 Å². The molecule has 24 heavy (non-hydrogen) atoms. The number of amides is 1. The molecule has 0 aliphatic rings. The molecule has 1 amide bonds. The second kappa shape index (κ2) is 8.59. The Morgan fingerprint density at radius 1 is 0.958 bits per heavy atom. The number of carbonyl (C=O) groups is 1. The highest BCUT2D eigenvalue weighted by atomic mass is 79.9. The minimum absolute atomic E-state index is 0.0499. The molecule has 0 fully saturated rings. The summed E-state index contributed by atoms with van der Waals surface area (Å²) in [4.78, 5) is 12.1. The standard InChI is InChI=1S/C18H20BrNO4/c1-22-15-8-13(9-16(23-2)18(15)24-3)11-20-17(21)10-12-4-6-14(19)7-5-12/h4-9H,10-11H2,1-3H3,(H,20,21). The molecular formula is C18H20BrNO4. The van der Waals surface area contributed by atoms with Crippen LogP contribution in [0.15, 0.2) is 40.9 Å². The maximum Gasteiger partial charge on any atom is 0.224 e. The molecule has 0 aliphatic heterocycles. The number of benzene rings is 2. The molecule has 6 heteroatoms. The van der Waals surface area contributed by atoms with Crippen LogP contribution < -0.4 is 19.5 Å². The van der Waals surface area contributed by atoms with Crippen molar-refractivity contribution in [2.75, 3.05) is 21.3 Å². The molecular weight excluding hydrogens is 374 g/mol. The van der Waals surface area contributed by atoms with Crippen molar-refractivity contribution >= 4 is 21.8 Å². The van der Waals surface area contributed by atoms with E-state index in [9.17, 15) is 4.79 Å². The van der Waals surface area contributed by atoms with Crippen molar-refractivity contribution < 1.29 is 19.0 Å². The first-order chi connectivity index (χ1) is 11.6. The molecule has 0 heterocycles. The van der Waals surface area contributed by atoms with Gasteiger partial charge in [0, 0.05) is 11.0 Å². The normalized spacial score (nSPS) is 10.2. The number of hydrogen-bond acceptors (Lipinski definition) is 4. The third-order valence-electron chi connectivity index (χ3n) is 3.49. The summed E-state index contributed by atoms with van der Waals surface area (Å²) in [6.45, 7) is 0.381. The summed E-state index contributed by atoms with van der Waals surface area (Å²) in [6.07, 6.45) is 0.331. The molecule has 5 nitrogen and oxygen atoms in total. The highest BCUT2D eigenvalue weighted by molar-refractivity contribution is 9.10. The van der Waals surface area contributed by atoms with E-state index in [4.69, 9.17) is 14.2 Å². The number of rotatable bonds is 7. The monoisotopic (exact) mass is 393 g/mol. The van der Waals surface area contributed by atoms with Crippen molar-refractivity contribution in [3.05, 3.63) is 52.0 Å². The van der Waals surface area contributed by atoms with Gasteiger partial charge in [-0.1, -0.05) is 28.1 Å². The zero-order valence-electron chi connectivity index (χ0n) is 13.9. The summed E-state index contributed by atoms with van der Waals surface area (Å²) in [6, 6.07) is 11.3. The van der Waals surface area contributed by atoms with Crippen molar-refractivity contribution in [3.8, 4) is 17.2 Å². The van der Waals surface area contributed by atoms with Gasteiger partial charge in [-0.25, -0.2) is 0 Å². The number of nitrogens with one attached hydrogen (secondary N) is 1. The Bertz CT molecular complexity index is 676. The fraction of sp³-hybridized carbons (Fsp3) is 0.278. The fourth-order valence-electron chi connectivity index (χ4n) is 2.29. The molecule has 0 saturated carbocycles. The Balaban J connectivity index is 2.03. The van der Waals surface area contributed by atoms with Gasteiger partial charge in [-0.15, -0.1) is 0 Å². The average Bonchev–Trinajstić information content (AvgIpc) is 2.60. The van der Waals surface area contributed by atoms with Gasteiger partial charge >= 0.3 is 0 Å². The van der Waals surface area contributed by atoms with Gasteiger partial charge in [0.15, 0.2) is 11.5 Å². The smallest absolute Gasteiger partial charge is 0.224 e. The van der Waals surface area contributed by atoms with Crippen LogP contribution in [0.5, 0.6) is 17.2 Å². The summed E-state index contributed by atoms with van der Waals surface area (Å²) in [5.74, 6) is 1.61. The molecule has 0 aliphatic carbocycles. The van der Waals surface area contributed by atoms with Crippen LogP contribution in [0.4, 0.5) is 0 Å². The highest BCUT2D eigenvalue weighted by Crippen LogP contribution is 2.38. The number of carbonyl (C=O) groups excluding carboxylic acids is 1. The van der Waals surface area contributed by atoms with Crippen molar-refractivity contribution in [2.45, 2.75) is 13.0 Å². The molecule has 2 aromatic carbocycles. The lowest BCUT2D eigenvalue weighted by Crippen LogP contribution is -2.24. The minimum atomic E-state index is -0.0499. The third-order valence-corrected chi connectivity index (χ3v) is 4.02. The summed E-state index contributed by atoms with van der Waals surface area (Å²) in [5.41, 5.74) is 1.83. The predicted molar refractivity (Wildman–Crippen MR) is 95.8 cm³/mol. The maximum absolute atomic E-state index is 12.1. The van der Waals surface area contributed by atoms with Crippen LogP contribution in [0.3, 0.4) is 0 Å². The molecule has 0 saturated heterocycles. The van der Waals surface area contributed by atoms with Crippen LogP contribution in [0.25, 0.3) is 0 Å². The maximum atomic E-state index is 12.1. The van der Waals surface area contributed by atoms with Crippen LogP contribution in [0, 0.1) is 0 Å². The van der Waals surface area contributed by atoms with Crippen LogP contribution in [0.2, 0.25) is 0 Å². The summed E-state index contributed by atoms with van der Waals surface area (Å²) >= 11 is 3.38. The second-order valence-electron chi connectivity index (χ2n) is 5.11. The zero-order valence-corrected chi connectivity index (χ0v) is 15.5. The molecule has 128 valence electrons. The minimum Gasteiger partial charge on any atom is -0.493 e. The summed E-state index contributed by atoms with van der Waals surface area (Å²) in [5, 5.41) is 2.90. The Morgan fingerprint density at radius 2 is 1.54 bits per heavy atom. The Labute approximate surface area is 150 Å². The molecule has 2 rings (SSSR count). The van der Waals surface area contributed by atoms with E-state index in [0.717, 1.165) is 15.6 Å². The number of methoxy groups -OCH3 is 3. The first-order valence-electron chi connectivity index (χ1n) is 7.37. The number of hydrogen-bond donors (Lipinski definition) is 1. The lowest BCUT2D eigenvalue weighted by molar-refractivity contribution is -0.120. The van der Waals surface area contributed by atoms with Crippen molar-refractivity contribution in [3.63, 3.8) is 0 Å². The van der Waals surface area contributed by atoms with Crippen LogP contribution >= 0.6 is 15.9 Å². The van der Waals surface area contributed by atoms with E-state index in [-0.39, 0.29) is 5.91 Å². The SMILES string of the molecule is COc1cc(CNC(=O)Cc2ccc(Br)cc2)cc(OC)c1OC. The van der Waals surface area contributed by atoms with Crippen LogP contribution in [0.1, 0.15) is 11.1 Å². The topological polar surface area (TPSA) is 56.8 Å². The molecule has 0 aromatic heterocycles. The van der Waals surface area contributed by atoms with Gasteiger partial charge in [0.2, 0.25) is 11.7 Å². The van der Waals surface area contributed by atoms with Gasteiger partial charge in [0.1, 0.15) is 0 Å². The number of ether oxygens (including phenoxy) is 3. The molecule has 0 unspecified atom stereocenters. The highest BCUT2D eigenvalue weighted by Gasteiger charge is 2.13. The lowest BCUT2D eigenvalue weighted by atomic mass is 10.1. The third kappa shape index (κ3) is 4.64. The van der Waals surface area contributed by atoms with E-state index < -0.39 is 0 Å². The van der Waals surface area contributed by atoms with Crippen LogP contribution in [-0.4, -0.2) is 27.2 Å². The molecule has 1 N–H and O–H groups in total. The van der Waals surface area contributed by atoms with Gasteiger partial charge in [-0.05, 0) is 35.4 Å².